The zero-order valence-electron chi connectivity index (χ0n) is 12.4. The second-order valence-electron chi connectivity index (χ2n) is 4.70. The molecule has 0 aromatic carbocycles. The largest absolute Gasteiger partial charge is 0.464 e. The van der Waals surface area contributed by atoms with Gasteiger partial charge in [0.2, 0.25) is 0 Å². The Morgan fingerprint density at radius 3 is 2.91 bits per heavy atom. The van der Waals surface area contributed by atoms with Crippen molar-refractivity contribution in [1.82, 2.24) is 9.97 Å². The maximum absolute atomic E-state index is 12.0. The van der Waals surface area contributed by atoms with E-state index >= 15 is 0 Å². The van der Waals surface area contributed by atoms with Crippen LogP contribution in [0.1, 0.15) is 26.8 Å². The molecule has 23 heavy (non-hydrogen) atoms. The van der Waals surface area contributed by atoms with E-state index in [4.69, 9.17) is 4.42 Å². The fourth-order valence-corrected chi connectivity index (χ4v) is 2.66. The van der Waals surface area contributed by atoms with E-state index in [-0.39, 0.29) is 11.7 Å². The second kappa shape index (κ2) is 6.09. The van der Waals surface area contributed by atoms with Gasteiger partial charge in [-0.3, -0.25) is 10.1 Å². The molecule has 0 atom stereocenters. The van der Waals surface area contributed by atoms with E-state index < -0.39 is 5.97 Å². The summed E-state index contributed by atoms with van der Waals surface area (Å²) in [7, 11) is 1.32. The van der Waals surface area contributed by atoms with Crippen molar-refractivity contribution in [3.05, 3.63) is 47.0 Å². The van der Waals surface area contributed by atoms with Gasteiger partial charge in [-0.2, -0.15) is 0 Å². The first-order valence-electron chi connectivity index (χ1n) is 6.67. The summed E-state index contributed by atoms with van der Waals surface area (Å²) in [6, 6.07) is 4.96. The number of anilines is 1. The summed E-state index contributed by atoms with van der Waals surface area (Å²) in [5.74, 6) is 0.0861. The Hall–Kier alpha value is -2.87. The van der Waals surface area contributed by atoms with Gasteiger partial charge in [0.1, 0.15) is 11.5 Å². The molecule has 0 bridgehead atoms. The van der Waals surface area contributed by atoms with Crippen molar-refractivity contribution in [2.45, 2.75) is 6.92 Å². The van der Waals surface area contributed by atoms with Gasteiger partial charge in [0.05, 0.1) is 12.8 Å². The van der Waals surface area contributed by atoms with Crippen LogP contribution in [0.4, 0.5) is 5.13 Å². The van der Waals surface area contributed by atoms with Gasteiger partial charge in [-0.1, -0.05) is 0 Å². The first-order chi connectivity index (χ1) is 11.1. The van der Waals surface area contributed by atoms with Crippen LogP contribution in [0.15, 0.2) is 34.2 Å². The Balaban J connectivity index is 1.74. The highest BCUT2D eigenvalue weighted by atomic mass is 32.1. The molecule has 0 saturated carbocycles. The molecule has 0 spiro atoms. The summed E-state index contributed by atoms with van der Waals surface area (Å²) in [4.78, 5) is 30.6. The van der Waals surface area contributed by atoms with Crippen LogP contribution >= 0.6 is 11.3 Å². The maximum Gasteiger partial charge on any atom is 0.354 e. The highest BCUT2D eigenvalue weighted by Gasteiger charge is 2.14. The molecule has 0 aliphatic rings. The molecule has 7 nitrogen and oxygen atoms in total. The fraction of sp³-hybridized carbons (Fsp3) is 0.133. The van der Waals surface area contributed by atoms with Gasteiger partial charge < -0.3 is 14.1 Å². The number of nitrogens with one attached hydrogen (secondary N) is 2. The van der Waals surface area contributed by atoms with Crippen molar-refractivity contribution in [3.63, 3.8) is 0 Å². The molecule has 2 N–H and O–H groups in total. The van der Waals surface area contributed by atoms with E-state index in [0.29, 0.717) is 22.3 Å². The van der Waals surface area contributed by atoms with Crippen LogP contribution in [0.5, 0.6) is 0 Å². The van der Waals surface area contributed by atoms with Gasteiger partial charge in [-0.25, -0.2) is 9.78 Å². The van der Waals surface area contributed by atoms with Crippen molar-refractivity contribution in [2.24, 2.45) is 0 Å². The molecule has 0 radical (unpaired) electrons. The Kier molecular flexibility index (Phi) is 3.98. The summed E-state index contributed by atoms with van der Waals surface area (Å²) < 4.78 is 9.90. The van der Waals surface area contributed by atoms with Crippen molar-refractivity contribution >= 4 is 28.3 Å². The van der Waals surface area contributed by atoms with Crippen LogP contribution in [-0.4, -0.2) is 29.0 Å². The molecule has 0 aliphatic carbocycles. The van der Waals surface area contributed by atoms with Crippen molar-refractivity contribution < 1.29 is 18.7 Å². The predicted octanol–water partition coefficient (Wildman–Crippen LogP) is 3.08. The van der Waals surface area contributed by atoms with Gasteiger partial charge >= 0.3 is 5.97 Å². The third-order valence-corrected chi connectivity index (χ3v) is 3.83. The van der Waals surface area contributed by atoms with Crippen LogP contribution in [0.25, 0.3) is 11.3 Å². The number of aromatic nitrogens is 2. The molecule has 3 aromatic heterocycles. The summed E-state index contributed by atoms with van der Waals surface area (Å²) in [6.45, 7) is 1.77. The SMILES string of the molecule is COC(=O)c1cc(-c2csc(NC(=O)c3ccc(C)o3)n2)c[nH]1. The standard InChI is InChI=1S/C15H13N3O4S/c1-8-3-4-12(22-8)13(19)18-15-17-11(7-23-15)9-5-10(16-6-9)14(20)21-2/h3-7,16H,1-2H3,(H,17,18,19). The lowest BCUT2D eigenvalue weighted by Gasteiger charge is -1.97. The molecule has 8 heteroatoms. The maximum atomic E-state index is 12.0. The first-order valence-corrected chi connectivity index (χ1v) is 7.55. The van der Waals surface area contributed by atoms with E-state index in [2.05, 4.69) is 20.0 Å². The number of H-pyrrole nitrogens is 1. The molecule has 0 fully saturated rings. The Bertz CT molecular complexity index is 862. The van der Waals surface area contributed by atoms with Crippen molar-refractivity contribution in [2.75, 3.05) is 12.4 Å². The lowest BCUT2D eigenvalue weighted by molar-refractivity contribution is 0.0594. The number of esters is 1. The Morgan fingerprint density at radius 2 is 2.22 bits per heavy atom. The average molecular weight is 331 g/mol. The van der Waals surface area contributed by atoms with E-state index in [1.807, 2.05) is 0 Å². The minimum absolute atomic E-state index is 0.230. The normalized spacial score (nSPS) is 10.5. The molecular formula is C15H13N3O4S. The monoisotopic (exact) mass is 331 g/mol. The van der Waals surface area contributed by atoms with Crippen LogP contribution < -0.4 is 5.32 Å². The van der Waals surface area contributed by atoms with Crippen LogP contribution in [0.3, 0.4) is 0 Å². The lowest BCUT2D eigenvalue weighted by atomic mass is 10.2. The van der Waals surface area contributed by atoms with E-state index in [0.717, 1.165) is 5.56 Å². The van der Waals surface area contributed by atoms with Gasteiger partial charge in [0, 0.05) is 17.1 Å². The van der Waals surface area contributed by atoms with E-state index in [1.54, 1.807) is 36.7 Å². The molecule has 1 amide bonds. The number of nitrogens with zero attached hydrogens (tertiary/aromatic N) is 1. The number of furan rings is 1. The van der Waals surface area contributed by atoms with Gasteiger partial charge in [-0.05, 0) is 25.1 Å². The third-order valence-electron chi connectivity index (χ3n) is 3.07. The number of hydrogen-bond acceptors (Lipinski definition) is 6. The van der Waals surface area contributed by atoms with Gasteiger partial charge in [-0.15, -0.1) is 11.3 Å². The number of methoxy groups -OCH3 is 1. The van der Waals surface area contributed by atoms with E-state index in [1.165, 1.54) is 18.4 Å². The first kappa shape index (κ1) is 15.0. The molecule has 0 unspecified atom stereocenters. The number of carbonyl (C=O) groups excluding carboxylic acids is 2. The zero-order chi connectivity index (χ0) is 16.4. The molecule has 0 aliphatic heterocycles. The number of thiazole rings is 1. The highest BCUT2D eigenvalue weighted by molar-refractivity contribution is 7.14. The Morgan fingerprint density at radius 1 is 1.39 bits per heavy atom. The summed E-state index contributed by atoms with van der Waals surface area (Å²) in [5, 5.41) is 4.90. The Labute approximate surface area is 135 Å². The number of amides is 1. The number of ether oxygens (including phenoxy) is 1. The van der Waals surface area contributed by atoms with Crippen molar-refractivity contribution in [1.29, 1.82) is 0 Å². The smallest absolute Gasteiger partial charge is 0.354 e. The number of aryl methyl sites for hydroxylation is 1. The minimum Gasteiger partial charge on any atom is -0.464 e. The molecular weight excluding hydrogens is 318 g/mol. The second-order valence-corrected chi connectivity index (χ2v) is 5.55. The number of hydrogen-bond donors (Lipinski definition) is 2. The molecule has 3 aromatic rings. The highest BCUT2D eigenvalue weighted by Crippen LogP contribution is 2.26. The van der Waals surface area contributed by atoms with Gasteiger partial charge in [0.25, 0.3) is 5.91 Å². The van der Waals surface area contributed by atoms with Crippen LogP contribution in [0, 0.1) is 6.92 Å². The summed E-state index contributed by atoms with van der Waals surface area (Å²) >= 11 is 1.28. The third kappa shape index (κ3) is 3.16. The quantitative estimate of drug-likeness (QED) is 0.716. The summed E-state index contributed by atoms with van der Waals surface area (Å²) in [6.07, 6.45) is 1.66. The average Bonchev–Trinajstić information content (AvgIpc) is 3.25. The number of rotatable bonds is 4. The number of carbonyl (C=O) groups is 2. The molecule has 0 saturated heterocycles. The lowest BCUT2D eigenvalue weighted by Crippen LogP contribution is -2.10. The topological polar surface area (TPSA) is 97.2 Å². The van der Waals surface area contributed by atoms with E-state index in [9.17, 15) is 9.59 Å². The summed E-state index contributed by atoms with van der Waals surface area (Å²) in [5.41, 5.74) is 1.72. The van der Waals surface area contributed by atoms with Gasteiger partial charge in [0.15, 0.2) is 10.9 Å². The number of aromatic amines is 1. The molecule has 118 valence electrons. The minimum atomic E-state index is -0.451. The fourth-order valence-electron chi connectivity index (χ4n) is 1.95. The van der Waals surface area contributed by atoms with Crippen LogP contribution in [-0.2, 0) is 4.74 Å². The zero-order valence-corrected chi connectivity index (χ0v) is 13.2. The van der Waals surface area contributed by atoms with Crippen LogP contribution in [0.2, 0.25) is 0 Å². The predicted molar refractivity (Wildman–Crippen MR) is 84.6 cm³/mol. The molecule has 3 rings (SSSR count). The van der Waals surface area contributed by atoms with Crippen molar-refractivity contribution in [3.8, 4) is 11.3 Å². The molecule has 3 heterocycles.